The van der Waals surface area contributed by atoms with Gasteiger partial charge in [-0.1, -0.05) is 19.9 Å². The Morgan fingerprint density at radius 2 is 1.94 bits per heavy atom. The smallest absolute Gasteiger partial charge is 0.220 e. The Morgan fingerprint density at radius 3 is 2.55 bits per heavy atom. The van der Waals surface area contributed by atoms with Gasteiger partial charge in [0.15, 0.2) is 11.5 Å². The van der Waals surface area contributed by atoms with E-state index in [2.05, 4.69) is 29.4 Å². The molecule has 0 bridgehead atoms. The van der Waals surface area contributed by atoms with E-state index in [1.54, 1.807) is 14.2 Å². The van der Waals surface area contributed by atoms with Crippen LogP contribution in [-0.4, -0.2) is 53.4 Å². The Bertz CT molecular complexity index is 861. The van der Waals surface area contributed by atoms with Crippen molar-refractivity contribution in [3.63, 3.8) is 0 Å². The molecule has 0 unspecified atom stereocenters. The molecular formula is C22H35N6O3+. The number of benzene rings is 1. The van der Waals surface area contributed by atoms with Crippen molar-refractivity contribution in [2.45, 2.75) is 52.1 Å². The molecule has 1 saturated heterocycles. The van der Waals surface area contributed by atoms with Crippen LogP contribution in [-0.2, 0) is 17.8 Å². The Balaban J connectivity index is 1.73. The minimum absolute atomic E-state index is 0.00972. The molecule has 9 nitrogen and oxygen atoms in total. The molecule has 1 amide bonds. The lowest BCUT2D eigenvalue weighted by molar-refractivity contribution is -0.938. The topological polar surface area (TPSA) is 110 Å². The molecule has 31 heavy (non-hydrogen) atoms. The van der Waals surface area contributed by atoms with Gasteiger partial charge in [-0.25, -0.2) is 4.68 Å². The highest BCUT2D eigenvalue weighted by atomic mass is 16.5. The number of methoxy groups -OCH3 is 2. The summed E-state index contributed by atoms with van der Waals surface area (Å²) in [6.45, 7) is 6.95. The van der Waals surface area contributed by atoms with Crippen LogP contribution in [0.2, 0.25) is 0 Å². The van der Waals surface area contributed by atoms with E-state index in [1.807, 2.05) is 22.9 Å². The fourth-order valence-electron chi connectivity index (χ4n) is 4.44. The molecule has 0 aliphatic carbocycles. The van der Waals surface area contributed by atoms with Crippen LogP contribution in [0.15, 0.2) is 18.2 Å². The number of hydrogen-bond donors (Lipinski definition) is 2. The van der Waals surface area contributed by atoms with Crippen molar-refractivity contribution in [3.8, 4) is 11.5 Å². The summed E-state index contributed by atoms with van der Waals surface area (Å²) in [5, 5.41) is 12.7. The van der Waals surface area contributed by atoms with Crippen LogP contribution >= 0.6 is 0 Å². The van der Waals surface area contributed by atoms with E-state index in [-0.39, 0.29) is 17.9 Å². The van der Waals surface area contributed by atoms with E-state index in [4.69, 9.17) is 15.2 Å². The molecule has 2 aromatic rings. The van der Waals surface area contributed by atoms with Crippen molar-refractivity contribution in [3.05, 3.63) is 29.6 Å². The van der Waals surface area contributed by atoms with E-state index < -0.39 is 0 Å². The second-order valence-corrected chi connectivity index (χ2v) is 8.72. The second kappa shape index (κ2) is 10.6. The summed E-state index contributed by atoms with van der Waals surface area (Å²) in [7, 11) is 3.27. The molecular weight excluding hydrogens is 396 g/mol. The van der Waals surface area contributed by atoms with Crippen LogP contribution in [0.1, 0.15) is 50.5 Å². The number of aromatic nitrogens is 4. The number of nitrogens with one attached hydrogen (secondary N) is 1. The van der Waals surface area contributed by atoms with Crippen molar-refractivity contribution in [2.24, 2.45) is 17.6 Å². The van der Waals surface area contributed by atoms with Gasteiger partial charge in [0.05, 0.1) is 27.3 Å². The lowest BCUT2D eigenvalue weighted by Crippen LogP contribution is -3.13. The number of carbonyl (C=O) groups excluding carboxylic acids is 1. The number of quaternary nitrogens is 1. The third-order valence-electron chi connectivity index (χ3n) is 6.16. The van der Waals surface area contributed by atoms with Crippen LogP contribution in [0.25, 0.3) is 0 Å². The number of rotatable bonds is 10. The summed E-state index contributed by atoms with van der Waals surface area (Å²) < 4.78 is 12.7. The summed E-state index contributed by atoms with van der Waals surface area (Å²) in [4.78, 5) is 13.0. The molecule has 1 aliphatic rings. The number of aryl methyl sites for hydroxylation is 2. The molecule has 1 aromatic heterocycles. The minimum Gasteiger partial charge on any atom is -0.493 e. The van der Waals surface area contributed by atoms with E-state index in [0.717, 1.165) is 55.9 Å². The minimum atomic E-state index is -0.181. The van der Waals surface area contributed by atoms with Gasteiger partial charge in [0.2, 0.25) is 11.7 Å². The zero-order valence-corrected chi connectivity index (χ0v) is 19.0. The summed E-state index contributed by atoms with van der Waals surface area (Å²) >= 11 is 0. The van der Waals surface area contributed by atoms with Crippen molar-refractivity contribution in [1.82, 2.24) is 20.2 Å². The Kier molecular flexibility index (Phi) is 7.84. The Hall–Kier alpha value is -2.68. The van der Waals surface area contributed by atoms with Crippen LogP contribution in [0.5, 0.6) is 11.5 Å². The molecule has 2 heterocycles. The predicted octanol–water partition coefficient (Wildman–Crippen LogP) is 0.800. The van der Waals surface area contributed by atoms with E-state index in [9.17, 15) is 4.79 Å². The van der Waals surface area contributed by atoms with Gasteiger partial charge in [0.25, 0.3) is 0 Å². The van der Waals surface area contributed by atoms with Gasteiger partial charge < -0.3 is 20.1 Å². The normalized spacial score (nSPS) is 19.9. The highest BCUT2D eigenvalue weighted by Gasteiger charge is 2.35. The highest BCUT2D eigenvalue weighted by molar-refractivity contribution is 5.76. The maximum absolute atomic E-state index is 11.6. The molecule has 3 N–H and O–H groups in total. The van der Waals surface area contributed by atoms with Crippen LogP contribution in [0, 0.1) is 11.8 Å². The summed E-state index contributed by atoms with van der Waals surface area (Å²) in [5.41, 5.74) is 6.65. The number of likely N-dealkylation sites (tertiary alicyclic amines) is 1. The van der Waals surface area contributed by atoms with Crippen molar-refractivity contribution in [1.29, 1.82) is 0 Å². The van der Waals surface area contributed by atoms with Crippen molar-refractivity contribution in [2.75, 3.05) is 27.3 Å². The molecule has 0 spiro atoms. The predicted molar refractivity (Wildman–Crippen MR) is 116 cm³/mol. The van der Waals surface area contributed by atoms with Gasteiger partial charge >= 0.3 is 0 Å². The lowest BCUT2D eigenvalue weighted by atomic mass is 9.93. The van der Waals surface area contributed by atoms with E-state index in [1.165, 1.54) is 4.90 Å². The SMILES string of the molecule is COc1ccc(CCn2nnnc2[C@H](CC(C)C)[NH+]2CCC(C(N)=O)CC2)cc1OC. The molecule has 3 rings (SSSR count). The van der Waals surface area contributed by atoms with Gasteiger partial charge in [-0.15, -0.1) is 5.10 Å². The average molecular weight is 432 g/mol. The molecule has 0 radical (unpaired) electrons. The third kappa shape index (κ3) is 5.72. The van der Waals surface area contributed by atoms with Crippen molar-refractivity contribution >= 4 is 5.91 Å². The van der Waals surface area contributed by atoms with Crippen LogP contribution in [0.3, 0.4) is 0 Å². The standard InChI is InChI=1S/C22H34N6O3/c1-15(2)13-18(27-10-8-17(9-11-27)21(23)29)22-24-25-26-28(22)12-7-16-5-6-19(30-3)20(14-16)31-4/h5-6,14-15,17-18H,7-13H2,1-4H3,(H2,23,29)/p+1/t18-/m0/s1. The Labute approximate surface area is 183 Å². The molecule has 0 saturated carbocycles. The number of tetrazole rings is 1. The van der Waals surface area contributed by atoms with Crippen molar-refractivity contribution < 1.29 is 19.2 Å². The summed E-state index contributed by atoms with van der Waals surface area (Å²) in [6, 6.07) is 6.16. The molecule has 9 heteroatoms. The maximum Gasteiger partial charge on any atom is 0.220 e. The van der Waals surface area contributed by atoms with Gasteiger partial charge in [-0.3, -0.25) is 4.79 Å². The quantitative estimate of drug-likeness (QED) is 0.576. The van der Waals surface area contributed by atoms with Gasteiger partial charge in [0.1, 0.15) is 6.04 Å². The fraction of sp³-hybridized carbons (Fsp3) is 0.636. The number of primary amides is 1. The summed E-state index contributed by atoms with van der Waals surface area (Å²) in [6.07, 6.45) is 3.43. The number of nitrogens with zero attached hydrogens (tertiary/aromatic N) is 4. The number of ether oxygens (including phenoxy) is 2. The second-order valence-electron chi connectivity index (χ2n) is 8.72. The molecule has 1 atom stereocenters. The molecule has 170 valence electrons. The first-order valence-corrected chi connectivity index (χ1v) is 11.0. The zero-order valence-electron chi connectivity index (χ0n) is 19.0. The average Bonchev–Trinajstić information content (AvgIpc) is 3.24. The Morgan fingerprint density at radius 1 is 1.23 bits per heavy atom. The summed E-state index contributed by atoms with van der Waals surface area (Å²) in [5.74, 6) is 2.68. The van der Waals surface area contributed by atoms with Crippen LogP contribution < -0.4 is 20.1 Å². The largest absolute Gasteiger partial charge is 0.493 e. The lowest BCUT2D eigenvalue weighted by Gasteiger charge is -2.34. The number of piperidine rings is 1. The first-order valence-electron chi connectivity index (χ1n) is 11.0. The number of hydrogen-bond acceptors (Lipinski definition) is 6. The first kappa shape index (κ1) is 23.0. The van der Waals surface area contributed by atoms with E-state index >= 15 is 0 Å². The number of amides is 1. The zero-order chi connectivity index (χ0) is 22.4. The van der Waals surface area contributed by atoms with Gasteiger partial charge in [0, 0.05) is 31.7 Å². The van der Waals surface area contributed by atoms with Gasteiger partial charge in [-0.05, 0) is 40.5 Å². The molecule has 1 fully saturated rings. The van der Waals surface area contributed by atoms with Gasteiger partial charge in [-0.2, -0.15) is 0 Å². The number of nitrogens with two attached hydrogens (primary N) is 1. The first-order chi connectivity index (χ1) is 14.9. The third-order valence-corrected chi connectivity index (χ3v) is 6.16. The fourth-order valence-corrected chi connectivity index (χ4v) is 4.44. The van der Waals surface area contributed by atoms with Crippen LogP contribution in [0.4, 0.5) is 0 Å². The molecule has 1 aromatic carbocycles. The monoisotopic (exact) mass is 431 g/mol. The maximum atomic E-state index is 11.6. The molecule has 1 aliphatic heterocycles. The van der Waals surface area contributed by atoms with E-state index in [0.29, 0.717) is 18.2 Å². The number of carbonyl (C=O) groups is 1. The highest BCUT2D eigenvalue weighted by Crippen LogP contribution is 2.28.